The molecule has 90 valence electrons. The van der Waals surface area contributed by atoms with Gasteiger partial charge in [-0.2, -0.15) is 13.2 Å². The van der Waals surface area contributed by atoms with E-state index in [1.165, 1.54) is 0 Å². The highest BCUT2D eigenvalue weighted by Crippen LogP contribution is 2.25. The molecule has 2 nitrogen and oxygen atoms in total. The van der Waals surface area contributed by atoms with Gasteiger partial charge in [-0.1, -0.05) is 12.8 Å². The maximum Gasteiger partial charge on any atom is 0.411 e. The topological polar surface area (TPSA) is 35.2 Å². The molecule has 0 aromatic carbocycles. The van der Waals surface area contributed by atoms with Gasteiger partial charge in [0.1, 0.15) is 6.61 Å². The Labute approximate surface area is 88.0 Å². The molecule has 0 saturated heterocycles. The Bertz CT molecular complexity index is 184. The average Bonchev–Trinajstić information content (AvgIpc) is 2.13. The largest absolute Gasteiger partial charge is 0.411 e. The molecule has 0 amide bonds. The van der Waals surface area contributed by atoms with Crippen LogP contribution in [0.5, 0.6) is 0 Å². The maximum atomic E-state index is 11.7. The number of halogens is 3. The summed E-state index contributed by atoms with van der Waals surface area (Å²) >= 11 is 0. The second kappa shape index (κ2) is 5.70. The summed E-state index contributed by atoms with van der Waals surface area (Å²) in [6, 6.07) is 0.147. The van der Waals surface area contributed by atoms with Crippen molar-refractivity contribution in [1.29, 1.82) is 0 Å². The van der Waals surface area contributed by atoms with Gasteiger partial charge >= 0.3 is 6.18 Å². The Morgan fingerprint density at radius 1 is 1.20 bits per heavy atom. The fourth-order valence-electron chi connectivity index (χ4n) is 2.02. The Morgan fingerprint density at radius 2 is 1.87 bits per heavy atom. The van der Waals surface area contributed by atoms with Gasteiger partial charge in [0.05, 0.1) is 0 Å². The van der Waals surface area contributed by atoms with Gasteiger partial charge < -0.3 is 10.5 Å². The van der Waals surface area contributed by atoms with Crippen LogP contribution in [0.1, 0.15) is 32.1 Å². The van der Waals surface area contributed by atoms with Gasteiger partial charge in [-0.25, -0.2) is 0 Å². The minimum atomic E-state index is -4.21. The number of alkyl halides is 3. The molecule has 0 aliphatic heterocycles. The molecule has 0 bridgehead atoms. The van der Waals surface area contributed by atoms with E-state index >= 15 is 0 Å². The standard InChI is InChI=1S/C10H18F3NO/c11-10(12,13)7-15-6-5-8-3-1-2-4-9(8)14/h8-9H,1-7,14H2. The van der Waals surface area contributed by atoms with Crippen LogP contribution in [-0.4, -0.2) is 25.4 Å². The van der Waals surface area contributed by atoms with Crippen molar-refractivity contribution in [2.45, 2.75) is 44.3 Å². The Balaban J connectivity index is 2.08. The lowest BCUT2D eigenvalue weighted by atomic mass is 9.83. The molecule has 1 saturated carbocycles. The summed E-state index contributed by atoms with van der Waals surface area (Å²) in [7, 11) is 0. The molecule has 1 fully saturated rings. The second-order valence-corrected chi connectivity index (χ2v) is 4.16. The molecule has 2 N–H and O–H groups in total. The summed E-state index contributed by atoms with van der Waals surface area (Å²) in [5.74, 6) is 0.340. The van der Waals surface area contributed by atoms with Crippen LogP contribution in [0.25, 0.3) is 0 Å². The minimum Gasteiger partial charge on any atom is -0.372 e. The van der Waals surface area contributed by atoms with Crippen molar-refractivity contribution in [3.63, 3.8) is 0 Å². The second-order valence-electron chi connectivity index (χ2n) is 4.16. The van der Waals surface area contributed by atoms with Crippen molar-refractivity contribution in [2.75, 3.05) is 13.2 Å². The summed E-state index contributed by atoms with van der Waals surface area (Å²) in [6.45, 7) is -0.979. The molecule has 0 spiro atoms. The summed E-state index contributed by atoms with van der Waals surface area (Å²) in [4.78, 5) is 0. The predicted molar refractivity (Wildman–Crippen MR) is 51.4 cm³/mol. The van der Waals surface area contributed by atoms with E-state index < -0.39 is 12.8 Å². The van der Waals surface area contributed by atoms with E-state index in [2.05, 4.69) is 4.74 Å². The van der Waals surface area contributed by atoms with Crippen molar-refractivity contribution in [3.8, 4) is 0 Å². The Hall–Kier alpha value is -0.290. The first kappa shape index (κ1) is 12.8. The number of ether oxygens (including phenoxy) is 1. The normalized spacial score (nSPS) is 28.0. The average molecular weight is 225 g/mol. The highest BCUT2D eigenvalue weighted by Gasteiger charge is 2.28. The number of rotatable bonds is 4. The van der Waals surface area contributed by atoms with Crippen molar-refractivity contribution in [1.82, 2.24) is 0 Å². The molecule has 1 aliphatic carbocycles. The molecular formula is C10H18F3NO. The third kappa shape index (κ3) is 5.37. The summed E-state index contributed by atoms with van der Waals surface area (Å²) in [6.07, 6.45) is 0.727. The number of nitrogens with two attached hydrogens (primary N) is 1. The van der Waals surface area contributed by atoms with Crippen molar-refractivity contribution in [2.24, 2.45) is 11.7 Å². The molecule has 2 atom stereocenters. The first-order chi connectivity index (χ1) is 6.99. The van der Waals surface area contributed by atoms with Crippen LogP contribution in [0, 0.1) is 5.92 Å². The molecule has 0 radical (unpaired) electrons. The zero-order valence-electron chi connectivity index (χ0n) is 8.72. The lowest BCUT2D eigenvalue weighted by Gasteiger charge is -2.28. The van der Waals surface area contributed by atoms with E-state index in [0.29, 0.717) is 12.3 Å². The molecule has 0 aromatic heterocycles. The van der Waals surface area contributed by atoms with E-state index in [1.807, 2.05) is 0 Å². The lowest BCUT2D eigenvalue weighted by Crippen LogP contribution is -2.34. The highest BCUT2D eigenvalue weighted by atomic mass is 19.4. The van der Waals surface area contributed by atoms with Crippen LogP contribution in [0.2, 0.25) is 0 Å². The fourth-order valence-corrected chi connectivity index (χ4v) is 2.02. The lowest BCUT2D eigenvalue weighted by molar-refractivity contribution is -0.174. The molecule has 0 aromatic rings. The van der Waals surface area contributed by atoms with Crippen LogP contribution in [0.3, 0.4) is 0 Å². The molecular weight excluding hydrogens is 207 g/mol. The van der Waals surface area contributed by atoms with E-state index in [4.69, 9.17) is 5.73 Å². The van der Waals surface area contributed by atoms with Gasteiger partial charge in [0, 0.05) is 12.6 Å². The van der Waals surface area contributed by atoms with Gasteiger partial charge in [-0.3, -0.25) is 0 Å². The molecule has 0 heterocycles. The monoisotopic (exact) mass is 225 g/mol. The van der Waals surface area contributed by atoms with Gasteiger partial charge in [0.25, 0.3) is 0 Å². The first-order valence-corrected chi connectivity index (χ1v) is 5.39. The molecule has 2 unspecified atom stereocenters. The molecule has 1 rings (SSSR count). The number of hydrogen-bond acceptors (Lipinski definition) is 2. The van der Waals surface area contributed by atoms with E-state index in [-0.39, 0.29) is 12.6 Å². The van der Waals surface area contributed by atoms with Crippen LogP contribution in [-0.2, 0) is 4.74 Å². The van der Waals surface area contributed by atoms with Crippen LogP contribution < -0.4 is 5.73 Å². The van der Waals surface area contributed by atoms with Gasteiger partial charge in [-0.15, -0.1) is 0 Å². The van der Waals surface area contributed by atoms with Gasteiger partial charge in [0.2, 0.25) is 0 Å². The zero-order chi connectivity index (χ0) is 11.3. The molecule has 1 aliphatic rings. The van der Waals surface area contributed by atoms with E-state index in [1.54, 1.807) is 0 Å². The van der Waals surface area contributed by atoms with E-state index in [0.717, 1.165) is 25.7 Å². The zero-order valence-corrected chi connectivity index (χ0v) is 8.72. The van der Waals surface area contributed by atoms with Crippen LogP contribution in [0.4, 0.5) is 13.2 Å². The summed E-state index contributed by atoms with van der Waals surface area (Å²) in [5, 5.41) is 0. The minimum absolute atomic E-state index is 0.147. The summed E-state index contributed by atoms with van der Waals surface area (Å²) in [5.41, 5.74) is 5.87. The Kier molecular flexibility index (Phi) is 4.86. The van der Waals surface area contributed by atoms with Crippen molar-refractivity contribution >= 4 is 0 Å². The Morgan fingerprint density at radius 3 is 2.47 bits per heavy atom. The molecule has 5 heteroatoms. The van der Waals surface area contributed by atoms with Crippen LogP contribution in [0.15, 0.2) is 0 Å². The van der Waals surface area contributed by atoms with E-state index in [9.17, 15) is 13.2 Å². The maximum absolute atomic E-state index is 11.7. The smallest absolute Gasteiger partial charge is 0.372 e. The third-order valence-corrected chi connectivity index (χ3v) is 2.87. The number of hydrogen-bond donors (Lipinski definition) is 1. The highest BCUT2D eigenvalue weighted by molar-refractivity contribution is 4.77. The van der Waals surface area contributed by atoms with Crippen molar-refractivity contribution < 1.29 is 17.9 Å². The van der Waals surface area contributed by atoms with Gasteiger partial charge in [-0.05, 0) is 25.2 Å². The molecule has 15 heavy (non-hydrogen) atoms. The SMILES string of the molecule is NC1CCCCC1CCOCC(F)(F)F. The fraction of sp³-hybridized carbons (Fsp3) is 1.00. The quantitative estimate of drug-likeness (QED) is 0.746. The third-order valence-electron chi connectivity index (χ3n) is 2.87. The first-order valence-electron chi connectivity index (χ1n) is 5.39. The summed E-state index contributed by atoms with van der Waals surface area (Å²) < 4.78 is 39.8. The van der Waals surface area contributed by atoms with Crippen LogP contribution >= 0.6 is 0 Å². The van der Waals surface area contributed by atoms with Gasteiger partial charge in [0.15, 0.2) is 0 Å². The van der Waals surface area contributed by atoms with Crippen molar-refractivity contribution in [3.05, 3.63) is 0 Å². The predicted octanol–water partition coefficient (Wildman–Crippen LogP) is 2.47.